The van der Waals surface area contributed by atoms with Crippen LogP contribution in [0.3, 0.4) is 0 Å². The Kier molecular flexibility index (Phi) is 1.99. The fraction of sp³-hybridized carbons (Fsp3) is 0.438. The van der Waals surface area contributed by atoms with E-state index in [9.17, 15) is 5.26 Å². The van der Waals surface area contributed by atoms with Crippen molar-refractivity contribution in [2.45, 2.75) is 12.8 Å². The molecular formula is C16H15NO. The SMILES string of the molecule is C[C@@H]1C2c3ccccc3C(C#N)=C3COC[C@@H]1C32. The molecule has 1 aromatic carbocycles. The second kappa shape index (κ2) is 3.46. The highest BCUT2D eigenvalue weighted by Crippen LogP contribution is 2.61. The molecule has 2 aliphatic carbocycles. The summed E-state index contributed by atoms with van der Waals surface area (Å²) in [4.78, 5) is 0. The van der Waals surface area contributed by atoms with Crippen LogP contribution in [-0.2, 0) is 4.74 Å². The third kappa shape index (κ3) is 1.06. The van der Waals surface area contributed by atoms with Crippen LogP contribution in [0, 0.1) is 29.1 Å². The Bertz CT molecular complexity index is 595. The number of ether oxygens (including phenoxy) is 1. The van der Waals surface area contributed by atoms with E-state index in [0.717, 1.165) is 17.7 Å². The van der Waals surface area contributed by atoms with Gasteiger partial charge in [-0.3, -0.25) is 0 Å². The molecule has 3 aliphatic rings. The van der Waals surface area contributed by atoms with E-state index in [1.165, 1.54) is 11.1 Å². The van der Waals surface area contributed by atoms with Crippen molar-refractivity contribution in [3.63, 3.8) is 0 Å². The van der Waals surface area contributed by atoms with Gasteiger partial charge in [0.15, 0.2) is 0 Å². The summed E-state index contributed by atoms with van der Waals surface area (Å²) >= 11 is 0. The molecule has 4 rings (SSSR count). The van der Waals surface area contributed by atoms with Crippen LogP contribution >= 0.6 is 0 Å². The molecule has 1 heterocycles. The quantitative estimate of drug-likeness (QED) is 0.695. The van der Waals surface area contributed by atoms with Crippen molar-refractivity contribution in [1.82, 2.24) is 0 Å². The van der Waals surface area contributed by atoms with Gasteiger partial charge in [0.1, 0.15) is 0 Å². The highest BCUT2D eigenvalue weighted by atomic mass is 16.5. The molecule has 0 aromatic heterocycles. The summed E-state index contributed by atoms with van der Waals surface area (Å²) in [6, 6.07) is 10.8. The van der Waals surface area contributed by atoms with Crippen LogP contribution in [0.1, 0.15) is 24.0 Å². The molecule has 2 heteroatoms. The van der Waals surface area contributed by atoms with E-state index < -0.39 is 0 Å². The largest absolute Gasteiger partial charge is 0.377 e. The average Bonchev–Trinajstić information content (AvgIpc) is 2.42. The molecule has 0 bridgehead atoms. The first-order valence-electron chi connectivity index (χ1n) is 6.63. The minimum atomic E-state index is 0.568. The van der Waals surface area contributed by atoms with E-state index in [-0.39, 0.29) is 0 Å². The smallest absolute Gasteiger partial charge is 0.0998 e. The molecule has 1 saturated heterocycles. The summed E-state index contributed by atoms with van der Waals surface area (Å²) in [7, 11) is 0. The molecule has 0 spiro atoms. The van der Waals surface area contributed by atoms with Crippen LogP contribution in [-0.4, -0.2) is 13.2 Å². The summed E-state index contributed by atoms with van der Waals surface area (Å²) in [6.07, 6.45) is 0. The fourth-order valence-electron chi connectivity index (χ4n) is 4.21. The predicted molar refractivity (Wildman–Crippen MR) is 68.7 cm³/mol. The van der Waals surface area contributed by atoms with Gasteiger partial charge in [0.25, 0.3) is 0 Å². The number of nitriles is 1. The molecule has 0 N–H and O–H groups in total. The standard InChI is InChI=1S/C16H15NO/c1-9-13-7-18-8-14-12(6-17)10-4-2-3-5-11(10)15(9)16(13)14/h2-5,9,13,15-16H,7-8H2,1H3/t9-,13-,15?,16?/m0/s1. The lowest BCUT2D eigenvalue weighted by atomic mass is 9.49. The summed E-state index contributed by atoms with van der Waals surface area (Å²) in [5.74, 6) is 2.47. The van der Waals surface area contributed by atoms with Gasteiger partial charge in [0.05, 0.1) is 24.9 Å². The normalized spacial score (nSPS) is 36.2. The Morgan fingerprint density at radius 2 is 2.11 bits per heavy atom. The minimum absolute atomic E-state index is 0.568. The van der Waals surface area contributed by atoms with Crippen molar-refractivity contribution in [3.05, 3.63) is 41.0 Å². The number of rotatable bonds is 0. The van der Waals surface area contributed by atoms with Crippen LogP contribution in [0.5, 0.6) is 0 Å². The van der Waals surface area contributed by atoms with Gasteiger partial charge in [0.2, 0.25) is 0 Å². The van der Waals surface area contributed by atoms with Crippen molar-refractivity contribution in [2.24, 2.45) is 17.8 Å². The Labute approximate surface area is 107 Å². The van der Waals surface area contributed by atoms with Crippen molar-refractivity contribution in [3.8, 4) is 6.07 Å². The van der Waals surface area contributed by atoms with E-state index in [2.05, 4.69) is 31.2 Å². The highest BCUT2D eigenvalue weighted by Gasteiger charge is 2.54. The number of nitrogens with zero attached hydrogens (tertiary/aromatic N) is 1. The molecule has 2 unspecified atom stereocenters. The monoisotopic (exact) mass is 237 g/mol. The van der Waals surface area contributed by atoms with Gasteiger partial charge >= 0.3 is 0 Å². The minimum Gasteiger partial charge on any atom is -0.377 e. The Hall–Kier alpha value is -1.59. The molecule has 90 valence electrons. The maximum Gasteiger partial charge on any atom is 0.0998 e. The number of allylic oxidation sites excluding steroid dienone is 1. The maximum atomic E-state index is 9.48. The molecule has 2 fully saturated rings. The van der Waals surface area contributed by atoms with Crippen molar-refractivity contribution < 1.29 is 4.74 Å². The van der Waals surface area contributed by atoms with E-state index in [4.69, 9.17) is 4.74 Å². The predicted octanol–water partition coefficient (Wildman–Crippen LogP) is 2.97. The van der Waals surface area contributed by atoms with E-state index in [1.54, 1.807) is 0 Å². The third-order valence-electron chi connectivity index (χ3n) is 5.08. The van der Waals surface area contributed by atoms with E-state index >= 15 is 0 Å². The number of hydrogen-bond acceptors (Lipinski definition) is 2. The lowest BCUT2D eigenvalue weighted by Gasteiger charge is -2.57. The molecule has 1 aliphatic heterocycles. The van der Waals surface area contributed by atoms with Gasteiger partial charge in [-0.1, -0.05) is 31.2 Å². The lowest BCUT2D eigenvalue weighted by Crippen LogP contribution is -2.52. The van der Waals surface area contributed by atoms with Crippen molar-refractivity contribution in [1.29, 1.82) is 5.26 Å². The topological polar surface area (TPSA) is 33.0 Å². The van der Waals surface area contributed by atoms with E-state index in [0.29, 0.717) is 30.3 Å². The zero-order chi connectivity index (χ0) is 12.3. The fourth-order valence-corrected chi connectivity index (χ4v) is 4.21. The molecular weight excluding hydrogens is 222 g/mol. The summed E-state index contributed by atoms with van der Waals surface area (Å²) < 4.78 is 5.70. The zero-order valence-electron chi connectivity index (χ0n) is 10.4. The number of fused-ring (bicyclic) bond motifs is 2. The lowest BCUT2D eigenvalue weighted by molar-refractivity contribution is -0.0504. The van der Waals surface area contributed by atoms with Crippen LogP contribution in [0.25, 0.3) is 5.57 Å². The second-order valence-corrected chi connectivity index (χ2v) is 5.69. The first-order valence-corrected chi connectivity index (χ1v) is 6.63. The first-order chi connectivity index (χ1) is 8.83. The molecule has 2 nitrogen and oxygen atoms in total. The van der Waals surface area contributed by atoms with Crippen molar-refractivity contribution >= 4 is 5.57 Å². The van der Waals surface area contributed by atoms with Gasteiger partial charge < -0.3 is 4.74 Å². The molecule has 18 heavy (non-hydrogen) atoms. The van der Waals surface area contributed by atoms with Gasteiger partial charge in [-0.15, -0.1) is 0 Å². The Balaban J connectivity index is 1.98. The summed E-state index contributed by atoms with van der Waals surface area (Å²) in [6.45, 7) is 3.85. The van der Waals surface area contributed by atoms with E-state index in [1.807, 2.05) is 6.07 Å². The maximum absolute atomic E-state index is 9.48. The average molecular weight is 237 g/mol. The van der Waals surface area contributed by atoms with Crippen molar-refractivity contribution in [2.75, 3.05) is 13.2 Å². The van der Waals surface area contributed by atoms with Gasteiger partial charge in [-0.2, -0.15) is 5.26 Å². The van der Waals surface area contributed by atoms with Crippen LogP contribution in [0.2, 0.25) is 0 Å². The highest BCUT2D eigenvalue weighted by molar-refractivity contribution is 5.84. The number of benzene rings is 1. The molecule has 1 saturated carbocycles. The van der Waals surface area contributed by atoms with Gasteiger partial charge in [-0.25, -0.2) is 0 Å². The molecule has 1 aromatic rings. The molecule has 4 atom stereocenters. The summed E-state index contributed by atoms with van der Waals surface area (Å²) in [5.41, 5.74) is 4.67. The van der Waals surface area contributed by atoms with Gasteiger partial charge in [-0.05, 0) is 40.4 Å². The Morgan fingerprint density at radius 1 is 1.28 bits per heavy atom. The molecule has 0 radical (unpaired) electrons. The van der Waals surface area contributed by atoms with Gasteiger partial charge in [0, 0.05) is 0 Å². The van der Waals surface area contributed by atoms with Crippen LogP contribution < -0.4 is 0 Å². The third-order valence-corrected chi connectivity index (χ3v) is 5.08. The Morgan fingerprint density at radius 3 is 2.94 bits per heavy atom. The summed E-state index contributed by atoms with van der Waals surface area (Å²) in [5, 5.41) is 9.48. The number of hydrogen-bond donors (Lipinski definition) is 0. The van der Waals surface area contributed by atoms with Crippen LogP contribution in [0.15, 0.2) is 29.8 Å². The first kappa shape index (κ1) is 10.3. The van der Waals surface area contributed by atoms with Crippen LogP contribution in [0.4, 0.5) is 0 Å². The molecule has 0 amide bonds. The zero-order valence-corrected chi connectivity index (χ0v) is 10.4. The second-order valence-electron chi connectivity index (χ2n) is 5.69.